The first-order chi connectivity index (χ1) is 10.7. The number of nitro groups is 1. The Bertz CT molecular complexity index is 568. The molecule has 0 spiro atoms. The van der Waals surface area contributed by atoms with Gasteiger partial charge in [0.2, 0.25) is 0 Å². The summed E-state index contributed by atoms with van der Waals surface area (Å²) in [7, 11) is 0. The Balaban J connectivity index is 1.67. The van der Waals surface area contributed by atoms with Crippen LogP contribution in [0.15, 0.2) is 24.3 Å². The van der Waals surface area contributed by atoms with Crippen LogP contribution in [0.3, 0.4) is 0 Å². The van der Waals surface area contributed by atoms with Crippen LogP contribution in [0.1, 0.15) is 12.8 Å². The zero-order chi connectivity index (χ0) is 17.0. The van der Waals surface area contributed by atoms with Crippen LogP contribution in [0.5, 0.6) is 5.75 Å². The number of ether oxygens (including phenoxy) is 3. The maximum absolute atomic E-state index is 11.9. The molecule has 1 fully saturated rings. The minimum absolute atomic E-state index is 0.0625. The second-order valence-corrected chi connectivity index (χ2v) is 4.94. The van der Waals surface area contributed by atoms with Crippen molar-refractivity contribution in [2.24, 2.45) is 5.92 Å². The van der Waals surface area contributed by atoms with Gasteiger partial charge in [-0.05, 0) is 30.9 Å². The Morgan fingerprint density at radius 1 is 1.26 bits per heavy atom. The molecule has 23 heavy (non-hydrogen) atoms. The van der Waals surface area contributed by atoms with E-state index in [0.717, 1.165) is 12.1 Å². The van der Waals surface area contributed by atoms with Crippen molar-refractivity contribution in [3.63, 3.8) is 0 Å². The first kappa shape index (κ1) is 17.0. The average Bonchev–Trinajstić information content (AvgIpc) is 2.40. The largest absolute Gasteiger partial charge is 0.522 e. The molecule has 0 radical (unpaired) electrons. The van der Waals surface area contributed by atoms with Gasteiger partial charge in [-0.3, -0.25) is 14.9 Å². The van der Waals surface area contributed by atoms with E-state index in [1.807, 2.05) is 0 Å². The Kier molecular flexibility index (Phi) is 5.04. The fourth-order valence-corrected chi connectivity index (χ4v) is 2.04. The number of benzene rings is 1. The molecular formula is C13H12F3NO6. The lowest BCUT2D eigenvalue weighted by atomic mass is 9.83. The Hall–Kier alpha value is -2.36. The van der Waals surface area contributed by atoms with Gasteiger partial charge in [0.05, 0.1) is 17.6 Å². The van der Waals surface area contributed by atoms with E-state index in [1.165, 1.54) is 12.1 Å². The van der Waals surface area contributed by atoms with Gasteiger partial charge in [0.25, 0.3) is 5.69 Å². The molecule has 1 saturated carbocycles. The van der Waals surface area contributed by atoms with E-state index in [1.54, 1.807) is 0 Å². The molecule has 10 heteroatoms. The van der Waals surface area contributed by atoms with E-state index in [-0.39, 0.29) is 36.8 Å². The van der Waals surface area contributed by atoms with Gasteiger partial charge < -0.3 is 9.47 Å². The van der Waals surface area contributed by atoms with Crippen molar-refractivity contribution in [1.29, 1.82) is 0 Å². The van der Waals surface area contributed by atoms with Crippen molar-refractivity contribution >= 4 is 11.8 Å². The van der Waals surface area contributed by atoms with Gasteiger partial charge >= 0.3 is 12.5 Å². The normalized spacial score (nSPS) is 20.5. The summed E-state index contributed by atoms with van der Waals surface area (Å²) in [5.41, 5.74) is -0.157. The van der Waals surface area contributed by atoms with Gasteiger partial charge in [-0.1, -0.05) is 0 Å². The average molecular weight is 335 g/mol. The van der Waals surface area contributed by atoms with Gasteiger partial charge in [0, 0.05) is 12.1 Å². The predicted octanol–water partition coefficient (Wildman–Crippen LogP) is 3.43. The Morgan fingerprint density at radius 3 is 2.39 bits per heavy atom. The van der Waals surface area contributed by atoms with Gasteiger partial charge in [-0.15, -0.1) is 13.2 Å². The van der Waals surface area contributed by atoms with E-state index < -0.39 is 23.5 Å². The number of alkyl halides is 3. The van der Waals surface area contributed by atoms with Crippen molar-refractivity contribution in [2.75, 3.05) is 6.61 Å². The molecular weight excluding hydrogens is 323 g/mol. The minimum atomic E-state index is -4.66. The SMILES string of the molecule is O=C(OC[C@H]1C[C@@H](OC(F)(F)F)C1)Oc1ccc([N+](=O)[O-])cc1. The van der Waals surface area contributed by atoms with Crippen LogP contribution >= 0.6 is 0 Å². The van der Waals surface area contributed by atoms with Crippen molar-refractivity contribution in [1.82, 2.24) is 0 Å². The highest BCUT2D eigenvalue weighted by molar-refractivity contribution is 5.64. The lowest BCUT2D eigenvalue weighted by molar-refractivity contribution is -0.384. The quantitative estimate of drug-likeness (QED) is 0.354. The third kappa shape index (κ3) is 5.40. The lowest BCUT2D eigenvalue weighted by Gasteiger charge is -2.34. The van der Waals surface area contributed by atoms with Gasteiger partial charge in [-0.25, -0.2) is 4.79 Å². The van der Waals surface area contributed by atoms with E-state index >= 15 is 0 Å². The molecule has 1 aliphatic rings. The molecule has 7 nitrogen and oxygen atoms in total. The molecule has 1 aromatic rings. The second-order valence-electron chi connectivity index (χ2n) is 4.94. The van der Waals surface area contributed by atoms with E-state index in [2.05, 4.69) is 4.74 Å². The number of nitrogens with zero attached hydrogens (tertiary/aromatic N) is 1. The Labute approximate surface area is 128 Å². The van der Waals surface area contributed by atoms with E-state index in [0.29, 0.717) is 0 Å². The van der Waals surface area contributed by atoms with Gasteiger partial charge in [-0.2, -0.15) is 0 Å². The molecule has 2 rings (SSSR count). The van der Waals surface area contributed by atoms with Crippen molar-refractivity contribution in [3.05, 3.63) is 34.4 Å². The predicted molar refractivity (Wildman–Crippen MR) is 68.7 cm³/mol. The third-order valence-electron chi connectivity index (χ3n) is 3.18. The number of hydrogen-bond donors (Lipinski definition) is 0. The summed E-state index contributed by atoms with van der Waals surface area (Å²) in [5, 5.41) is 10.5. The fourth-order valence-electron chi connectivity index (χ4n) is 2.04. The minimum Gasteiger partial charge on any atom is -0.434 e. The van der Waals surface area contributed by atoms with Crippen LogP contribution in [-0.2, 0) is 9.47 Å². The highest BCUT2D eigenvalue weighted by atomic mass is 19.4. The first-order valence-corrected chi connectivity index (χ1v) is 6.56. The molecule has 0 N–H and O–H groups in total. The van der Waals surface area contributed by atoms with Crippen LogP contribution in [-0.4, -0.2) is 30.2 Å². The highest BCUT2D eigenvalue weighted by Crippen LogP contribution is 2.34. The van der Waals surface area contributed by atoms with Crippen molar-refractivity contribution in [2.45, 2.75) is 25.3 Å². The summed E-state index contributed by atoms with van der Waals surface area (Å²) < 4.78 is 49.1. The van der Waals surface area contributed by atoms with E-state index in [9.17, 15) is 28.1 Å². The summed E-state index contributed by atoms with van der Waals surface area (Å²) in [6.45, 7) is -0.0798. The molecule has 126 valence electrons. The van der Waals surface area contributed by atoms with Crippen molar-refractivity contribution in [3.8, 4) is 5.75 Å². The number of non-ortho nitro benzene ring substituents is 1. The third-order valence-corrected chi connectivity index (χ3v) is 3.18. The van der Waals surface area contributed by atoms with Crippen LogP contribution in [0, 0.1) is 16.0 Å². The maximum Gasteiger partial charge on any atom is 0.522 e. The molecule has 0 amide bonds. The first-order valence-electron chi connectivity index (χ1n) is 6.56. The number of carbonyl (C=O) groups is 1. The number of nitro benzene ring substituents is 1. The maximum atomic E-state index is 11.9. The molecule has 0 aromatic heterocycles. The molecule has 0 bridgehead atoms. The molecule has 1 aromatic carbocycles. The number of halogens is 3. The summed E-state index contributed by atoms with van der Waals surface area (Å²) in [4.78, 5) is 21.3. The highest BCUT2D eigenvalue weighted by Gasteiger charge is 2.40. The van der Waals surface area contributed by atoms with Crippen molar-refractivity contribution < 1.29 is 37.1 Å². The zero-order valence-electron chi connectivity index (χ0n) is 11.6. The standard InChI is InChI=1S/C13H12F3NO6/c14-13(15,16)23-11-5-8(6-11)7-21-12(18)22-10-3-1-9(2-4-10)17(19)20/h1-4,8,11H,5-7H2/t8-,11+. The number of hydrogen-bond acceptors (Lipinski definition) is 6. The van der Waals surface area contributed by atoms with Crippen LogP contribution in [0.25, 0.3) is 0 Å². The molecule has 0 saturated heterocycles. The van der Waals surface area contributed by atoms with Gasteiger partial charge in [0.15, 0.2) is 0 Å². The van der Waals surface area contributed by atoms with Crippen LogP contribution < -0.4 is 4.74 Å². The fraction of sp³-hybridized carbons (Fsp3) is 0.462. The Morgan fingerprint density at radius 2 is 1.87 bits per heavy atom. The molecule has 0 atom stereocenters. The van der Waals surface area contributed by atoms with Crippen LogP contribution in [0.2, 0.25) is 0 Å². The molecule has 0 unspecified atom stereocenters. The zero-order valence-corrected chi connectivity index (χ0v) is 11.6. The monoisotopic (exact) mass is 335 g/mol. The van der Waals surface area contributed by atoms with E-state index in [4.69, 9.17) is 9.47 Å². The smallest absolute Gasteiger partial charge is 0.434 e. The lowest BCUT2D eigenvalue weighted by Crippen LogP contribution is -2.38. The van der Waals surface area contributed by atoms with Gasteiger partial charge in [0.1, 0.15) is 5.75 Å². The topological polar surface area (TPSA) is 87.9 Å². The summed E-state index contributed by atoms with van der Waals surface area (Å²) in [5.74, 6) is -0.153. The number of carbonyl (C=O) groups excluding carboxylic acids is 1. The molecule has 1 aliphatic carbocycles. The number of rotatable bonds is 5. The summed E-state index contributed by atoms with van der Waals surface area (Å²) in [6.07, 6.45) is -6.31. The summed E-state index contributed by atoms with van der Waals surface area (Å²) in [6, 6.07) is 4.78. The molecule has 0 heterocycles. The van der Waals surface area contributed by atoms with Crippen LogP contribution in [0.4, 0.5) is 23.7 Å². The second kappa shape index (κ2) is 6.82. The summed E-state index contributed by atoms with van der Waals surface area (Å²) >= 11 is 0. The molecule has 0 aliphatic heterocycles.